The van der Waals surface area contributed by atoms with E-state index in [0.29, 0.717) is 11.5 Å². The Kier molecular flexibility index (Phi) is 3.86. The maximum Gasteiger partial charge on any atom is 0.136 e. The lowest BCUT2D eigenvalue weighted by Crippen LogP contribution is -2.00. The van der Waals surface area contributed by atoms with Crippen molar-refractivity contribution in [3.05, 3.63) is 58.9 Å². The van der Waals surface area contributed by atoms with Crippen molar-refractivity contribution in [2.45, 2.75) is 26.9 Å². The zero-order valence-corrected chi connectivity index (χ0v) is 11.3. The minimum atomic E-state index is -0.915. The average molecular weight is 260 g/mol. The summed E-state index contributed by atoms with van der Waals surface area (Å²) < 4.78 is 19.5. The summed E-state index contributed by atoms with van der Waals surface area (Å²) in [4.78, 5) is 0. The fourth-order valence-electron chi connectivity index (χ4n) is 1.96. The van der Waals surface area contributed by atoms with Gasteiger partial charge in [-0.1, -0.05) is 18.2 Å². The third kappa shape index (κ3) is 2.76. The molecule has 2 rings (SSSR count). The van der Waals surface area contributed by atoms with Crippen LogP contribution in [0.3, 0.4) is 0 Å². The van der Waals surface area contributed by atoms with Crippen LogP contribution in [0.5, 0.6) is 11.5 Å². The minimum Gasteiger partial charge on any atom is -0.457 e. The summed E-state index contributed by atoms with van der Waals surface area (Å²) >= 11 is 0. The third-order valence-corrected chi connectivity index (χ3v) is 3.21. The number of hydrogen-bond acceptors (Lipinski definition) is 2. The molecule has 0 aromatic heterocycles. The Morgan fingerprint density at radius 3 is 2.37 bits per heavy atom. The number of aryl methyl sites for hydroxylation is 1. The summed E-state index contributed by atoms with van der Waals surface area (Å²) in [5.74, 6) is 0.564. The quantitative estimate of drug-likeness (QED) is 0.892. The van der Waals surface area contributed by atoms with Crippen molar-refractivity contribution >= 4 is 0 Å². The van der Waals surface area contributed by atoms with Gasteiger partial charge in [-0.15, -0.1) is 0 Å². The van der Waals surface area contributed by atoms with Crippen molar-refractivity contribution in [2.75, 3.05) is 0 Å². The number of halogens is 1. The molecule has 0 spiro atoms. The molecule has 0 fully saturated rings. The number of rotatable bonds is 3. The molecule has 0 radical (unpaired) electrons. The lowest BCUT2D eigenvalue weighted by atomic mass is 10.1. The first-order chi connectivity index (χ1) is 9.00. The van der Waals surface area contributed by atoms with E-state index in [-0.39, 0.29) is 5.56 Å². The molecule has 2 aromatic rings. The molecule has 0 amide bonds. The summed E-state index contributed by atoms with van der Waals surface area (Å²) in [6, 6.07) is 10.3. The van der Waals surface area contributed by atoms with Gasteiger partial charge in [0.25, 0.3) is 0 Å². The van der Waals surface area contributed by atoms with Crippen molar-refractivity contribution in [3.8, 4) is 11.5 Å². The van der Waals surface area contributed by atoms with Gasteiger partial charge in [-0.2, -0.15) is 0 Å². The van der Waals surface area contributed by atoms with E-state index in [2.05, 4.69) is 0 Å². The molecular formula is C16H17FO2. The standard InChI is InChI=1S/C16H17FO2/c1-10-6-4-8-14(11(10)2)19-15-9-5-7-13(17)16(15)12(3)18/h4-9,12,18H,1-3H3/t12-/m0/s1. The van der Waals surface area contributed by atoms with Crippen molar-refractivity contribution < 1.29 is 14.2 Å². The first-order valence-electron chi connectivity index (χ1n) is 6.21. The predicted molar refractivity (Wildman–Crippen MR) is 73.0 cm³/mol. The summed E-state index contributed by atoms with van der Waals surface area (Å²) in [6.45, 7) is 5.46. The Balaban J connectivity index is 2.44. The maximum absolute atomic E-state index is 13.7. The van der Waals surface area contributed by atoms with E-state index in [9.17, 15) is 9.50 Å². The molecule has 1 atom stereocenters. The van der Waals surface area contributed by atoms with E-state index in [1.54, 1.807) is 12.1 Å². The van der Waals surface area contributed by atoms with Crippen LogP contribution in [0.2, 0.25) is 0 Å². The van der Waals surface area contributed by atoms with Crippen LogP contribution in [0.1, 0.15) is 29.7 Å². The highest BCUT2D eigenvalue weighted by Crippen LogP contribution is 2.33. The Labute approximate surface area is 112 Å². The smallest absolute Gasteiger partial charge is 0.136 e. The molecule has 1 N–H and O–H groups in total. The van der Waals surface area contributed by atoms with Gasteiger partial charge in [-0.25, -0.2) is 4.39 Å². The minimum absolute atomic E-state index is 0.184. The second-order valence-corrected chi connectivity index (χ2v) is 4.63. The SMILES string of the molecule is Cc1cccc(Oc2cccc(F)c2[C@H](C)O)c1C. The van der Waals surface area contributed by atoms with Gasteiger partial charge in [-0.05, 0) is 50.1 Å². The molecular weight excluding hydrogens is 243 g/mol. The number of aliphatic hydroxyl groups is 1. The van der Waals surface area contributed by atoms with E-state index in [4.69, 9.17) is 4.74 Å². The normalized spacial score (nSPS) is 12.3. The number of benzene rings is 2. The largest absolute Gasteiger partial charge is 0.457 e. The van der Waals surface area contributed by atoms with Crippen LogP contribution in [0.25, 0.3) is 0 Å². The van der Waals surface area contributed by atoms with E-state index in [1.807, 2.05) is 32.0 Å². The zero-order chi connectivity index (χ0) is 14.0. The Bertz CT molecular complexity index is 591. The second-order valence-electron chi connectivity index (χ2n) is 4.63. The molecule has 0 saturated heterocycles. The average Bonchev–Trinajstić information content (AvgIpc) is 2.34. The van der Waals surface area contributed by atoms with Crippen LogP contribution in [0, 0.1) is 19.7 Å². The summed E-state index contributed by atoms with van der Waals surface area (Å²) in [5.41, 5.74) is 2.29. The fourth-order valence-corrected chi connectivity index (χ4v) is 1.96. The van der Waals surface area contributed by atoms with Crippen molar-refractivity contribution in [3.63, 3.8) is 0 Å². The van der Waals surface area contributed by atoms with E-state index in [0.717, 1.165) is 11.1 Å². The molecule has 2 aromatic carbocycles. The number of aliphatic hydroxyl groups excluding tert-OH is 1. The molecule has 0 aliphatic heterocycles. The highest BCUT2D eigenvalue weighted by atomic mass is 19.1. The summed E-state index contributed by atoms with van der Waals surface area (Å²) in [5, 5.41) is 9.67. The Morgan fingerprint density at radius 1 is 1.05 bits per heavy atom. The first-order valence-corrected chi connectivity index (χ1v) is 6.21. The lowest BCUT2D eigenvalue weighted by Gasteiger charge is -2.15. The molecule has 100 valence electrons. The summed E-state index contributed by atoms with van der Waals surface area (Å²) in [7, 11) is 0. The van der Waals surface area contributed by atoms with Gasteiger partial charge in [0.2, 0.25) is 0 Å². The Morgan fingerprint density at radius 2 is 1.68 bits per heavy atom. The van der Waals surface area contributed by atoms with Gasteiger partial charge in [0.05, 0.1) is 11.7 Å². The molecule has 0 saturated carbocycles. The molecule has 2 nitrogen and oxygen atoms in total. The lowest BCUT2D eigenvalue weighted by molar-refractivity contribution is 0.190. The molecule has 0 unspecified atom stereocenters. The highest BCUT2D eigenvalue weighted by Gasteiger charge is 2.16. The monoisotopic (exact) mass is 260 g/mol. The molecule has 0 aliphatic rings. The van der Waals surface area contributed by atoms with Crippen molar-refractivity contribution in [2.24, 2.45) is 0 Å². The topological polar surface area (TPSA) is 29.5 Å². The molecule has 0 heterocycles. The maximum atomic E-state index is 13.7. The van der Waals surface area contributed by atoms with Gasteiger partial charge in [0, 0.05) is 0 Å². The fraction of sp³-hybridized carbons (Fsp3) is 0.250. The van der Waals surface area contributed by atoms with Gasteiger partial charge < -0.3 is 9.84 Å². The predicted octanol–water partition coefficient (Wildman–Crippen LogP) is 4.29. The van der Waals surface area contributed by atoms with Crippen LogP contribution in [-0.2, 0) is 0 Å². The Hall–Kier alpha value is -1.87. The zero-order valence-electron chi connectivity index (χ0n) is 11.3. The highest BCUT2D eigenvalue weighted by molar-refractivity contribution is 5.44. The van der Waals surface area contributed by atoms with E-state index < -0.39 is 11.9 Å². The molecule has 19 heavy (non-hydrogen) atoms. The van der Waals surface area contributed by atoms with Gasteiger partial charge in [0.1, 0.15) is 17.3 Å². The van der Waals surface area contributed by atoms with Gasteiger partial charge in [-0.3, -0.25) is 0 Å². The molecule has 0 aliphatic carbocycles. The van der Waals surface area contributed by atoms with E-state index >= 15 is 0 Å². The van der Waals surface area contributed by atoms with E-state index in [1.165, 1.54) is 13.0 Å². The summed E-state index contributed by atoms with van der Waals surface area (Å²) in [6.07, 6.45) is -0.915. The van der Waals surface area contributed by atoms with Gasteiger partial charge in [0.15, 0.2) is 0 Å². The van der Waals surface area contributed by atoms with Crippen molar-refractivity contribution in [1.82, 2.24) is 0 Å². The third-order valence-electron chi connectivity index (χ3n) is 3.21. The van der Waals surface area contributed by atoms with Gasteiger partial charge >= 0.3 is 0 Å². The first kappa shape index (κ1) is 13.6. The number of hydrogen-bond donors (Lipinski definition) is 1. The molecule has 3 heteroatoms. The second kappa shape index (κ2) is 5.41. The van der Waals surface area contributed by atoms with Crippen LogP contribution in [0.15, 0.2) is 36.4 Å². The van der Waals surface area contributed by atoms with Crippen LogP contribution in [-0.4, -0.2) is 5.11 Å². The molecule has 0 bridgehead atoms. The number of ether oxygens (including phenoxy) is 1. The van der Waals surface area contributed by atoms with Crippen LogP contribution in [0.4, 0.5) is 4.39 Å². The van der Waals surface area contributed by atoms with Crippen LogP contribution >= 0.6 is 0 Å². The van der Waals surface area contributed by atoms with Crippen molar-refractivity contribution in [1.29, 1.82) is 0 Å². The van der Waals surface area contributed by atoms with Crippen LogP contribution < -0.4 is 4.74 Å².